The summed E-state index contributed by atoms with van der Waals surface area (Å²) in [4.78, 5) is 10.2. The first-order chi connectivity index (χ1) is 3.81. The Morgan fingerprint density at radius 3 is 3.00 bits per heavy atom. The average Bonchev–Trinajstić information content (AvgIpc) is 1.83. The molecule has 0 bridgehead atoms. The van der Waals surface area contributed by atoms with Gasteiger partial charge in [-0.2, -0.15) is 0 Å². The predicted molar refractivity (Wildman–Crippen MR) is 33.3 cm³/mol. The average molecular weight is 133 g/mol. The number of carbonyl (C=O) groups excluding carboxylic acids is 1. The zero-order chi connectivity index (χ0) is 6.41. The molecule has 0 aromatic carbocycles. The summed E-state index contributed by atoms with van der Waals surface area (Å²) >= 11 is 3.39. The van der Waals surface area contributed by atoms with Crippen LogP contribution < -0.4 is 5.32 Å². The monoisotopic (exact) mass is 133 g/mol. The molecule has 0 fully saturated rings. The van der Waals surface area contributed by atoms with Crippen molar-refractivity contribution in [2.24, 2.45) is 0 Å². The van der Waals surface area contributed by atoms with E-state index in [0.29, 0.717) is 0 Å². The standard InChI is InChI=1S/C4H7NO2S/c1-2-4(6)5-3-7-8/h2,8H,1,3H2,(H,5,6). The Balaban J connectivity index is 3.11. The summed E-state index contributed by atoms with van der Waals surface area (Å²) in [5.74, 6) is -0.265. The predicted octanol–water partition coefficient (Wildman–Crippen LogP) is 0.107. The van der Waals surface area contributed by atoms with Crippen LogP contribution in [0.15, 0.2) is 12.7 Å². The summed E-state index contributed by atoms with van der Waals surface area (Å²) in [6.45, 7) is 3.33. The molecule has 0 saturated heterocycles. The lowest BCUT2D eigenvalue weighted by Gasteiger charge is -1.94. The van der Waals surface area contributed by atoms with Gasteiger partial charge in [0.15, 0.2) is 0 Å². The SMILES string of the molecule is C=CC(=O)NCOS. The molecule has 0 aliphatic carbocycles. The summed E-state index contributed by atoms with van der Waals surface area (Å²) < 4.78 is 4.23. The first-order valence-electron chi connectivity index (χ1n) is 1.98. The summed E-state index contributed by atoms with van der Waals surface area (Å²) in [6, 6.07) is 0. The first kappa shape index (κ1) is 7.52. The molecule has 0 atom stereocenters. The molecule has 0 rings (SSSR count). The number of nitrogens with one attached hydrogen (secondary N) is 1. The van der Waals surface area contributed by atoms with E-state index in [2.05, 4.69) is 29.0 Å². The van der Waals surface area contributed by atoms with E-state index in [1.807, 2.05) is 0 Å². The fourth-order valence-corrected chi connectivity index (χ4v) is 0.240. The normalized spacial score (nSPS) is 8.12. The molecule has 0 unspecified atom stereocenters. The molecule has 8 heavy (non-hydrogen) atoms. The maximum Gasteiger partial charge on any atom is 0.245 e. The summed E-state index contributed by atoms with van der Waals surface area (Å²) in [5, 5.41) is 2.33. The molecule has 0 aliphatic rings. The van der Waals surface area contributed by atoms with Crippen molar-refractivity contribution >= 4 is 18.8 Å². The lowest BCUT2D eigenvalue weighted by Crippen LogP contribution is -2.21. The largest absolute Gasteiger partial charge is 0.329 e. The van der Waals surface area contributed by atoms with Gasteiger partial charge in [-0.05, 0) is 19.0 Å². The first-order valence-corrected chi connectivity index (χ1v) is 2.34. The van der Waals surface area contributed by atoms with Crippen LogP contribution in [0.5, 0.6) is 0 Å². The molecular weight excluding hydrogens is 126 g/mol. The van der Waals surface area contributed by atoms with Crippen LogP contribution in [0.3, 0.4) is 0 Å². The second-order valence-electron chi connectivity index (χ2n) is 1.02. The van der Waals surface area contributed by atoms with Crippen molar-refractivity contribution in [1.29, 1.82) is 0 Å². The van der Waals surface area contributed by atoms with E-state index in [-0.39, 0.29) is 12.6 Å². The molecule has 0 aromatic heterocycles. The summed E-state index contributed by atoms with van der Waals surface area (Å²) in [5.41, 5.74) is 0. The van der Waals surface area contributed by atoms with Crippen LogP contribution in [0.2, 0.25) is 0 Å². The lowest BCUT2D eigenvalue weighted by molar-refractivity contribution is -0.117. The van der Waals surface area contributed by atoms with Gasteiger partial charge in [-0.3, -0.25) is 8.98 Å². The lowest BCUT2D eigenvalue weighted by atomic mass is 10.6. The molecule has 1 amide bonds. The van der Waals surface area contributed by atoms with Crippen molar-refractivity contribution in [2.45, 2.75) is 0 Å². The Morgan fingerprint density at radius 2 is 2.62 bits per heavy atom. The van der Waals surface area contributed by atoms with E-state index >= 15 is 0 Å². The summed E-state index contributed by atoms with van der Waals surface area (Å²) in [7, 11) is 0. The molecule has 1 N–H and O–H groups in total. The minimum absolute atomic E-state index is 0.105. The van der Waals surface area contributed by atoms with Gasteiger partial charge in [-0.25, -0.2) is 0 Å². The maximum absolute atomic E-state index is 10.2. The van der Waals surface area contributed by atoms with E-state index in [1.165, 1.54) is 0 Å². The van der Waals surface area contributed by atoms with E-state index in [0.717, 1.165) is 6.08 Å². The zero-order valence-corrected chi connectivity index (χ0v) is 5.15. The van der Waals surface area contributed by atoms with Gasteiger partial charge >= 0.3 is 0 Å². The third-order valence-corrected chi connectivity index (χ3v) is 0.625. The second kappa shape index (κ2) is 4.67. The molecule has 3 nitrogen and oxygen atoms in total. The highest BCUT2D eigenvalue weighted by Crippen LogP contribution is 1.72. The number of amides is 1. The van der Waals surface area contributed by atoms with Crippen molar-refractivity contribution in [3.8, 4) is 0 Å². The van der Waals surface area contributed by atoms with Gasteiger partial charge < -0.3 is 5.32 Å². The van der Waals surface area contributed by atoms with Crippen LogP contribution in [0.4, 0.5) is 0 Å². The summed E-state index contributed by atoms with van der Waals surface area (Å²) in [6.07, 6.45) is 1.16. The van der Waals surface area contributed by atoms with E-state index in [1.54, 1.807) is 0 Å². The van der Waals surface area contributed by atoms with Gasteiger partial charge in [-0.1, -0.05) is 6.58 Å². The van der Waals surface area contributed by atoms with Crippen molar-refractivity contribution in [1.82, 2.24) is 5.32 Å². The van der Waals surface area contributed by atoms with E-state index in [4.69, 9.17) is 0 Å². The molecule has 4 heteroatoms. The zero-order valence-electron chi connectivity index (χ0n) is 4.26. The minimum atomic E-state index is -0.265. The number of hydrogen-bond donors (Lipinski definition) is 2. The molecule has 0 saturated carbocycles. The highest BCUT2D eigenvalue weighted by molar-refractivity contribution is 7.75. The van der Waals surface area contributed by atoms with Crippen molar-refractivity contribution < 1.29 is 8.98 Å². The van der Waals surface area contributed by atoms with Crippen LogP contribution >= 0.6 is 12.9 Å². The molecular formula is C4H7NO2S. The van der Waals surface area contributed by atoms with Crippen LogP contribution in [0.25, 0.3) is 0 Å². The van der Waals surface area contributed by atoms with Crippen molar-refractivity contribution in [2.75, 3.05) is 6.73 Å². The number of thiol groups is 1. The Bertz CT molecular complexity index is 94.0. The van der Waals surface area contributed by atoms with Gasteiger partial charge in [-0.15, -0.1) is 0 Å². The molecule has 0 radical (unpaired) electrons. The molecule has 0 spiro atoms. The molecule has 0 aromatic rings. The minimum Gasteiger partial charge on any atom is -0.329 e. The van der Waals surface area contributed by atoms with Crippen molar-refractivity contribution in [3.05, 3.63) is 12.7 Å². The molecule has 0 aliphatic heterocycles. The Morgan fingerprint density at radius 1 is 2.00 bits per heavy atom. The van der Waals surface area contributed by atoms with Gasteiger partial charge in [0.2, 0.25) is 5.91 Å². The van der Waals surface area contributed by atoms with E-state index in [9.17, 15) is 4.79 Å². The quantitative estimate of drug-likeness (QED) is 0.248. The highest BCUT2D eigenvalue weighted by Gasteiger charge is 1.87. The van der Waals surface area contributed by atoms with Crippen LogP contribution in [0.1, 0.15) is 0 Å². The van der Waals surface area contributed by atoms with Crippen LogP contribution in [-0.4, -0.2) is 12.6 Å². The van der Waals surface area contributed by atoms with E-state index < -0.39 is 0 Å². The van der Waals surface area contributed by atoms with Crippen LogP contribution in [0, 0.1) is 0 Å². The van der Waals surface area contributed by atoms with Gasteiger partial charge in [0.05, 0.1) is 0 Å². The topological polar surface area (TPSA) is 38.3 Å². The molecule has 46 valence electrons. The Kier molecular flexibility index (Phi) is 4.39. The number of hydrogen-bond acceptors (Lipinski definition) is 3. The second-order valence-corrected chi connectivity index (χ2v) is 1.28. The maximum atomic E-state index is 10.2. The molecule has 0 heterocycles. The fourth-order valence-electron chi connectivity index (χ4n) is 0.176. The third-order valence-electron chi connectivity index (χ3n) is 0.496. The van der Waals surface area contributed by atoms with Gasteiger partial charge in [0, 0.05) is 0 Å². The van der Waals surface area contributed by atoms with Gasteiger partial charge in [0.1, 0.15) is 6.73 Å². The Labute approximate surface area is 53.3 Å². The van der Waals surface area contributed by atoms with Crippen LogP contribution in [-0.2, 0) is 8.98 Å². The third kappa shape index (κ3) is 3.70. The van der Waals surface area contributed by atoms with Gasteiger partial charge in [0.25, 0.3) is 0 Å². The van der Waals surface area contributed by atoms with Crippen molar-refractivity contribution in [3.63, 3.8) is 0 Å². The fraction of sp³-hybridized carbons (Fsp3) is 0.250. The Hall–Kier alpha value is -0.480. The number of carbonyl (C=O) groups is 1. The number of rotatable bonds is 3. The smallest absolute Gasteiger partial charge is 0.245 e. The highest BCUT2D eigenvalue weighted by atomic mass is 32.1.